The lowest BCUT2D eigenvalue weighted by atomic mass is 9.98. The summed E-state index contributed by atoms with van der Waals surface area (Å²) in [6.45, 7) is 4.21. The van der Waals surface area contributed by atoms with E-state index < -0.39 is 6.29 Å². The van der Waals surface area contributed by atoms with Crippen molar-refractivity contribution in [1.29, 1.82) is 0 Å². The molecule has 8 heteroatoms. The van der Waals surface area contributed by atoms with Gasteiger partial charge in [-0.15, -0.1) is 5.10 Å². The van der Waals surface area contributed by atoms with Gasteiger partial charge in [-0.2, -0.15) is 0 Å². The van der Waals surface area contributed by atoms with Crippen LogP contribution in [-0.4, -0.2) is 28.9 Å². The number of benzene rings is 1. The Labute approximate surface area is 142 Å². The highest BCUT2D eigenvalue weighted by atomic mass is 32.1. The van der Waals surface area contributed by atoms with Gasteiger partial charge in [-0.25, -0.2) is 0 Å². The number of anilines is 1. The molecule has 0 saturated heterocycles. The van der Waals surface area contributed by atoms with Gasteiger partial charge in [0.1, 0.15) is 5.75 Å². The van der Waals surface area contributed by atoms with Crippen LogP contribution in [0.1, 0.15) is 22.8 Å². The summed E-state index contributed by atoms with van der Waals surface area (Å²) in [6, 6.07) is 5.50. The number of carbonyl (C=O) groups is 1. The molecule has 0 spiro atoms. The van der Waals surface area contributed by atoms with Crippen molar-refractivity contribution in [3.63, 3.8) is 0 Å². The Bertz CT molecular complexity index is 825. The summed E-state index contributed by atoms with van der Waals surface area (Å²) >= 11 is 6.26. The first-order valence-corrected chi connectivity index (χ1v) is 8.26. The average molecular weight is 349 g/mol. The number of hydrogen-bond acceptors (Lipinski definition) is 7. The van der Waals surface area contributed by atoms with E-state index in [1.54, 1.807) is 12.3 Å². The lowest BCUT2D eigenvalue weighted by molar-refractivity contribution is -0.0509. The van der Waals surface area contributed by atoms with Crippen molar-refractivity contribution in [1.82, 2.24) is 10.2 Å². The van der Waals surface area contributed by atoms with Crippen molar-refractivity contribution < 1.29 is 14.3 Å². The standard InChI is InChI=1S/C15H15N3O3S2/c1-3-20-13-10(7-16-14-17-18-15(22)23-14)12(19)9-6-8(2)4-5-11(9)21-13/h4-7,13H,3H2,1-2H3,(H,16,17)(H,18,22). The van der Waals surface area contributed by atoms with E-state index in [9.17, 15) is 4.79 Å². The second-order valence-electron chi connectivity index (χ2n) is 4.90. The fraction of sp³-hybridized carbons (Fsp3) is 0.267. The Morgan fingerprint density at radius 2 is 2.39 bits per heavy atom. The second kappa shape index (κ2) is 6.61. The topological polar surface area (TPSA) is 76.2 Å². The van der Waals surface area contributed by atoms with E-state index in [4.69, 9.17) is 21.7 Å². The second-order valence-corrected chi connectivity index (χ2v) is 6.56. The van der Waals surface area contributed by atoms with Gasteiger partial charge in [-0.1, -0.05) is 23.0 Å². The van der Waals surface area contributed by atoms with Crippen molar-refractivity contribution in [2.24, 2.45) is 0 Å². The molecule has 2 heterocycles. The Kier molecular flexibility index (Phi) is 4.56. The molecule has 0 amide bonds. The maximum atomic E-state index is 12.8. The van der Waals surface area contributed by atoms with E-state index in [0.717, 1.165) is 5.56 Å². The summed E-state index contributed by atoms with van der Waals surface area (Å²) < 4.78 is 11.9. The molecule has 0 bridgehead atoms. The monoisotopic (exact) mass is 349 g/mol. The Morgan fingerprint density at radius 3 is 3.09 bits per heavy atom. The summed E-state index contributed by atoms with van der Waals surface area (Å²) in [7, 11) is 0. The van der Waals surface area contributed by atoms with Gasteiger partial charge in [0, 0.05) is 12.8 Å². The number of aromatic amines is 1. The lowest BCUT2D eigenvalue weighted by Crippen LogP contribution is -2.33. The highest BCUT2D eigenvalue weighted by molar-refractivity contribution is 7.73. The number of aryl methyl sites for hydroxylation is 1. The first-order chi connectivity index (χ1) is 11.1. The minimum Gasteiger partial charge on any atom is -0.460 e. The number of nitrogens with one attached hydrogen (secondary N) is 2. The first-order valence-electron chi connectivity index (χ1n) is 7.04. The number of fused-ring (bicyclic) bond motifs is 1. The Hall–Kier alpha value is -2.03. The van der Waals surface area contributed by atoms with Gasteiger partial charge >= 0.3 is 0 Å². The largest absolute Gasteiger partial charge is 0.460 e. The maximum Gasteiger partial charge on any atom is 0.232 e. The number of nitrogens with zero attached hydrogens (tertiary/aromatic N) is 1. The number of carbonyl (C=O) groups excluding carboxylic acids is 1. The number of ketones is 1. The smallest absolute Gasteiger partial charge is 0.232 e. The minimum atomic E-state index is -0.748. The molecule has 23 heavy (non-hydrogen) atoms. The molecule has 0 radical (unpaired) electrons. The molecule has 120 valence electrons. The van der Waals surface area contributed by atoms with Gasteiger partial charge in [0.05, 0.1) is 11.1 Å². The highest BCUT2D eigenvalue weighted by Crippen LogP contribution is 2.32. The SMILES string of the molecule is CCOC1Oc2ccc(C)cc2C(=O)C1=CNc1n[nH]c(=S)s1. The zero-order valence-electron chi connectivity index (χ0n) is 12.6. The third kappa shape index (κ3) is 3.34. The quantitative estimate of drug-likeness (QED) is 0.650. The molecule has 1 aromatic heterocycles. The van der Waals surface area contributed by atoms with E-state index in [1.807, 2.05) is 26.0 Å². The van der Waals surface area contributed by atoms with Crippen molar-refractivity contribution in [3.8, 4) is 5.75 Å². The predicted octanol–water partition coefficient (Wildman–Crippen LogP) is 3.44. The van der Waals surface area contributed by atoms with Gasteiger partial charge < -0.3 is 14.8 Å². The van der Waals surface area contributed by atoms with Crippen molar-refractivity contribution in [3.05, 3.63) is 45.1 Å². The van der Waals surface area contributed by atoms with Crippen LogP contribution in [0.2, 0.25) is 0 Å². The third-order valence-electron chi connectivity index (χ3n) is 3.24. The van der Waals surface area contributed by atoms with E-state index in [0.29, 0.717) is 32.6 Å². The van der Waals surface area contributed by atoms with Crippen molar-refractivity contribution in [2.45, 2.75) is 20.1 Å². The molecule has 6 nitrogen and oxygen atoms in total. The van der Waals surface area contributed by atoms with Crippen LogP contribution in [-0.2, 0) is 4.74 Å². The number of H-pyrrole nitrogens is 1. The lowest BCUT2D eigenvalue weighted by Gasteiger charge is -2.27. The van der Waals surface area contributed by atoms with Gasteiger partial charge in [-0.3, -0.25) is 9.89 Å². The fourth-order valence-corrected chi connectivity index (χ4v) is 2.96. The number of ether oxygens (including phenoxy) is 2. The number of aromatic nitrogens is 2. The van der Waals surface area contributed by atoms with E-state index in [1.165, 1.54) is 11.3 Å². The van der Waals surface area contributed by atoms with Gasteiger partial charge in [0.25, 0.3) is 0 Å². The minimum absolute atomic E-state index is 0.125. The molecule has 1 atom stereocenters. The zero-order valence-corrected chi connectivity index (χ0v) is 14.2. The van der Waals surface area contributed by atoms with E-state index in [-0.39, 0.29) is 5.78 Å². The maximum absolute atomic E-state index is 12.8. The molecule has 3 rings (SSSR count). The third-order valence-corrected chi connectivity index (χ3v) is 4.26. The fourth-order valence-electron chi connectivity index (χ4n) is 2.21. The summed E-state index contributed by atoms with van der Waals surface area (Å²) in [5.74, 6) is 0.409. The van der Waals surface area contributed by atoms with Crippen molar-refractivity contribution >= 4 is 34.5 Å². The molecule has 0 fully saturated rings. The number of rotatable bonds is 4. The number of hydrogen-bond donors (Lipinski definition) is 2. The molecule has 0 aliphatic carbocycles. The molecule has 1 unspecified atom stereocenters. The molecular formula is C15H15N3O3S2. The van der Waals surface area contributed by atoms with Crippen LogP contribution in [0, 0.1) is 10.9 Å². The van der Waals surface area contributed by atoms with Crippen LogP contribution in [0.5, 0.6) is 5.75 Å². The van der Waals surface area contributed by atoms with Crippen LogP contribution < -0.4 is 10.1 Å². The predicted molar refractivity (Wildman–Crippen MR) is 90.6 cm³/mol. The molecule has 1 aliphatic rings. The van der Waals surface area contributed by atoms with Crippen LogP contribution in [0.4, 0.5) is 5.13 Å². The van der Waals surface area contributed by atoms with E-state index in [2.05, 4.69) is 15.5 Å². The molecular weight excluding hydrogens is 334 g/mol. The summed E-state index contributed by atoms with van der Waals surface area (Å²) in [6.07, 6.45) is 0.817. The van der Waals surface area contributed by atoms with Crippen LogP contribution in [0.15, 0.2) is 30.0 Å². The van der Waals surface area contributed by atoms with Gasteiger partial charge in [0.15, 0.2) is 9.74 Å². The van der Waals surface area contributed by atoms with Gasteiger partial charge in [-0.05, 0) is 38.2 Å². The summed E-state index contributed by atoms with van der Waals surface area (Å²) in [5, 5.41) is 10.2. The van der Waals surface area contributed by atoms with Crippen molar-refractivity contribution in [2.75, 3.05) is 11.9 Å². The molecule has 1 aliphatic heterocycles. The Balaban J connectivity index is 1.95. The van der Waals surface area contributed by atoms with Crippen LogP contribution in [0.25, 0.3) is 0 Å². The molecule has 2 aromatic rings. The Morgan fingerprint density at radius 1 is 1.57 bits per heavy atom. The molecule has 0 saturated carbocycles. The summed E-state index contributed by atoms with van der Waals surface area (Å²) in [5.41, 5.74) is 1.92. The number of Topliss-reactive ketones (excluding diaryl/α,β-unsaturated/α-hetero) is 1. The van der Waals surface area contributed by atoms with E-state index >= 15 is 0 Å². The normalized spacial score (nSPS) is 18.6. The summed E-state index contributed by atoms with van der Waals surface area (Å²) in [4.78, 5) is 12.8. The van der Waals surface area contributed by atoms with Gasteiger partial charge in [0.2, 0.25) is 11.4 Å². The first kappa shape index (κ1) is 15.9. The molecule has 1 aromatic carbocycles. The average Bonchev–Trinajstić information content (AvgIpc) is 2.94. The zero-order chi connectivity index (χ0) is 16.4. The highest BCUT2D eigenvalue weighted by Gasteiger charge is 2.32. The van der Waals surface area contributed by atoms with Crippen LogP contribution in [0.3, 0.4) is 0 Å². The van der Waals surface area contributed by atoms with Crippen LogP contribution >= 0.6 is 23.6 Å². The molecule has 2 N–H and O–H groups in total.